The number of para-hydroxylation sites is 1. The van der Waals surface area contributed by atoms with E-state index in [1.807, 2.05) is 30.3 Å². The zero-order valence-electron chi connectivity index (χ0n) is 14.7. The number of benzene rings is 3. The fourth-order valence-electron chi connectivity index (χ4n) is 2.35. The number of carbonyl (C=O) groups is 1. The van der Waals surface area contributed by atoms with Gasteiger partial charge in [-0.1, -0.05) is 42.1 Å². The van der Waals surface area contributed by atoms with E-state index in [9.17, 15) is 13.6 Å². The summed E-state index contributed by atoms with van der Waals surface area (Å²) in [5.74, 6) is -1.33. The molecular weight excluding hydrogens is 380 g/mol. The summed E-state index contributed by atoms with van der Waals surface area (Å²) in [5, 5.41) is 2.76. The molecule has 0 heterocycles. The highest BCUT2D eigenvalue weighted by Gasteiger charge is 2.04. The molecule has 0 radical (unpaired) electrons. The van der Waals surface area contributed by atoms with Gasteiger partial charge >= 0.3 is 0 Å². The minimum atomic E-state index is -2.45. The number of anilines is 1. The first kappa shape index (κ1) is 19.6. The maximum absolute atomic E-state index is 12.3. The van der Waals surface area contributed by atoms with E-state index in [1.54, 1.807) is 54.6 Å². The molecule has 0 unspecified atom stereocenters. The molecular formula is C22H17F2NO2S. The highest BCUT2D eigenvalue weighted by atomic mass is 32.2. The quantitative estimate of drug-likeness (QED) is 0.368. The van der Waals surface area contributed by atoms with Gasteiger partial charge in [-0.2, -0.15) is 8.78 Å². The Labute approximate surface area is 166 Å². The molecule has 3 nitrogen and oxygen atoms in total. The van der Waals surface area contributed by atoms with Crippen LogP contribution in [0.4, 0.5) is 14.5 Å². The van der Waals surface area contributed by atoms with Crippen LogP contribution in [-0.2, 0) is 4.79 Å². The highest BCUT2D eigenvalue weighted by Crippen LogP contribution is 2.25. The molecule has 3 aromatic rings. The number of thioether (sulfide) groups is 1. The zero-order chi connectivity index (χ0) is 19.8. The van der Waals surface area contributed by atoms with Crippen LogP contribution in [0.3, 0.4) is 0 Å². The van der Waals surface area contributed by atoms with E-state index in [1.165, 1.54) is 6.08 Å². The maximum atomic E-state index is 12.3. The van der Waals surface area contributed by atoms with Crippen LogP contribution in [0, 0.1) is 0 Å². The lowest BCUT2D eigenvalue weighted by Crippen LogP contribution is -2.07. The number of amides is 1. The van der Waals surface area contributed by atoms with Crippen molar-refractivity contribution in [3.63, 3.8) is 0 Å². The fourth-order valence-corrected chi connectivity index (χ4v) is 2.85. The molecule has 0 saturated carbocycles. The standard InChI is InChI=1S/C22H17F2NO2S/c23-22(24)28-20-13-6-16(7-14-20)8-15-21(26)25-17-9-11-19(12-10-17)27-18-4-2-1-3-5-18/h1-15,22H,(H,25,26)/b15-8+. The SMILES string of the molecule is O=C(/C=C/c1ccc(SC(F)F)cc1)Nc1ccc(Oc2ccccc2)cc1. The van der Waals surface area contributed by atoms with Gasteiger partial charge in [0.25, 0.3) is 5.76 Å². The molecule has 1 N–H and O–H groups in total. The van der Waals surface area contributed by atoms with Crippen molar-refractivity contribution in [3.05, 3.63) is 90.5 Å². The molecule has 0 fully saturated rings. The predicted molar refractivity (Wildman–Crippen MR) is 109 cm³/mol. The molecule has 0 aliphatic rings. The Hall–Kier alpha value is -3.12. The summed E-state index contributed by atoms with van der Waals surface area (Å²) in [6.45, 7) is 0. The van der Waals surface area contributed by atoms with E-state index >= 15 is 0 Å². The van der Waals surface area contributed by atoms with Gasteiger partial charge in [0.2, 0.25) is 5.91 Å². The number of rotatable bonds is 7. The third kappa shape index (κ3) is 6.25. The number of ether oxygens (including phenoxy) is 1. The summed E-state index contributed by atoms with van der Waals surface area (Å²) >= 11 is 0.488. The summed E-state index contributed by atoms with van der Waals surface area (Å²) in [4.78, 5) is 12.5. The van der Waals surface area contributed by atoms with Crippen LogP contribution in [0.15, 0.2) is 89.8 Å². The van der Waals surface area contributed by atoms with Crippen molar-refractivity contribution in [2.45, 2.75) is 10.7 Å². The van der Waals surface area contributed by atoms with E-state index in [-0.39, 0.29) is 5.91 Å². The smallest absolute Gasteiger partial charge is 0.288 e. The van der Waals surface area contributed by atoms with Crippen molar-refractivity contribution in [2.75, 3.05) is 5.32 Å². The first-order valence-electron chi connectivity index (χ1n) is 8.45. The van der Waals surface area contributed by atoms with Crippen molar-refractivity contribution in [1.29, 1.82) is 0 Å². The molecule has 0 saturated heterocycles. The Morgan fingerprint density at radius 3 is 2.18 bits per heavy atom. The number of nitrogens with one attached hydrogen (secondary N) is 1. The zero-order valence-corrected chi connectivity index (χ0v) is 15.5. The number of halogens is 2. The van der Waals surface area contributed by atoms with Crippen LogP contribution >= 0.6 is 11.8 Å². The maximum Gasteiger partial charge on any atom is 0.288 e. The Kier molecular flexibility index (Phi) is 6.81. The van der Waals surface area contributed by atoms with E-state index in [2.05, 4.69) is 5.32 Å². The highest BCUT2D eigenvalue weighted by molar-refractivity contribution is 7.99. The van der Waals surface area contributed by atoms with Crippen LogP contribution in [0.2, 0.25) is 0 Å². The predicted octanol–water partition coefficient (Wildman–Crippen LogP) is 6.45. The Morgan fingerprint density at radius 1 is 0.893 bits per heavy atom. The van der Waals surface area contributed by atoms with Crippen molar-refractivity contribution in [3.8, 4) is 11.5 Å². The lowest BCUT2D eigenvalue weighted by atomic mass is 10.2. The van der Waals surface area contributed by atoms with Gasteiger partial charge in [-0.15, -0.1) is 0 Å². The molecule has 3 aromatic carbocycles. The first-order valence-corrected chi connectivity index (χ1v) is 9.33. The first-order chi connectivity index (χ1) is 13.6. The normalized spacial score (nSPS) is 11.0. The van der Waals surface area contributed by atoms with Crippen LogP contribution in [0.1, 0.15) is 5.56 Å². The van der Waals surface area contributed by atoms with Gasteiger partial charge in [0.15, 0.2) is 0 Å². The van der Waals surface area contributed by atoms with E-state index in [0.29, 0.717) is 28.1 Å². The Bertz CT molecular complexity index is 927. The molecule has 0 aromatic heterocycles. The molecule has 28 heavy (non-hydrogen) atoms. The Balaban J connectivity index is 1.53. The molecule has 0 spiro atoms. The lowest BCUT2D eigenvalue weighted by Gasteiger charge is -2.07. The second kappa shape index (κ2) is 9.71. The lowest BCUT2D eigenvalue weighted by molar-refractivity contribution is -0.111. The van der Waals surface area contributed by atoms with Crippen LogP contribution < -0.4 is 10.1 Å². The molecule has 6 heteroatoms. The van der Waals surface area contributed by atoms with Crippen LogP contribution in [-0.4, -0.2) is 11.7 Å². The number of hydrogen-bond acceptors (Lipinski definition) is 3. The number of carbonyl (C=O) groups excluding carboxylic acids is 1. The van der Waals surface area contributed by atoms with Crippen LogP contribution in [0.25, 0.3) is 6.08 Å². The number of hydrogen-bond donors (Lipinski definition) is 1. The van der Waals surface area contributed by atoms with Crippen molar-refractivity contribution >= 4 is 29.4 Å². The molecule has 142 valence electrons. The second-order valence-electron chi connectivity index (χ2n) is 5.71. The number of alkyl halides is 2. The monoisotopic (exact) mass is 397 g/mol. The van der Waals surface area contributed by atoms with Crippen LogP contribution in [0.5, 0.6) is 11.5 Å². The third-order valence-electron chi connectivity index (χ3n) is 3.63. The molecule has 0 bridgehead atoms. The summed E-state index contributed by atoms with van der Waals surface area (Å²) in [7, 11) is 0. The molecule has 3 rings (SSSR count). The van der Waals surface area contributed by atoms with Gasteiger partial charge in [0.05, 0.1) is 0 Å². The van der Waals surface area contributed by atoms with Crippen molar-refractivity contribution < 1.29 is 18.3 Å². The minimum absolute atomic E-state index is 0.289. The largest absolute Gasteiger partial charge is 0.457 e. The summed E-state index contributed by atoms with van der Waals surface area (Å²) < 4.78 is 30.3. The van der Waals surface area contributed by atoms with E-state index < -0.39 is 5.76 Å². The third-order valence-corrected chi connectivity index (χ3v) is 4.36. The molecule has 0 atom stereocenters. The molecule has 0 aliphatic carbocycles. The minimum Gasteiger partial charge on any atom is -0.457 e. The summed E-state index contributed by atoms with van der Waals surface area (Å²) in [5.41, 5.74) is 1.39. The van der Waals surface area contributed by atoms with E-state index in [4.69, 9.17) is 4.74 Å². The summed E-state index contributed by atoms with van der Waals surface area (Å²) in [6, 6.07) is 23.0. The van der Waals surface area contributed by atoms with Crippen molar-refractivity contribution in [1.82, 2.24) is 0 Å². The van der Waals surface area contributed by atoms with Crippen molar-refractivity contribution in [2.24, 2.45) is 0 Å². The van der Waals surface area contributed by atoms with Gasteiger partial charge in [0, 0.05) is 16.7 Å². The average Bonchev–Trinajstić information content (AvgIpc) is 2.69. The Morgan fingerprint density at radius 2 is 1.54 bits per heavy atom. The fraction of sp³-hybridized carbons (Fsp3) is 0.0455. The topological polar surface area (TPSA) is 38.3 Å². The summed E-state index contributed by atoms with van der Waals surface area (Å²) in [6.07, 6.45) is 3.02. The van der Waals surface area contributed by atoms with Gasteiger partial charge in [-0.05, 0) is 60.2 Å². The molecule has 1 amide bonds. The van der Waals surface area contributed by atoms with Gasteiger partial charge in [0.1, 0.15) is 11.5 Å². The molecule has 0 aliphatic heterocycles. The van der Waals surface area contributed by atoms with Gasteiger partial charge < -0.3 is 10.1 Å². The average molecular weight is 397 g/mol. The van der Waals surface area contributed by atoms with Gasteiger partial charge in [-0.3, -0.25) is 4.79 Å². The van der Waals surface area contributed by atoms with Gasteiger partial charge in [-0.25, -0.2) is 0 Å². The van der Waals surface area contributed by atoms with E-state index in [0.717, 1.165) is 11.3 Å². The second-order valence-corrected chi connectivity index (χ2v) is 6.77.